The van der Waals surface area contributed by atoms with E-state index in [0.717, 1.165) is 16.6 Å². The number of hydrogen-bond donors (Lipinski definition) is 0. The highest BCUT2D eigenvalue weighted by Crippen LogP contribution is 2.21. The monoisotopic (exact) mass is 199 g/mol. The lowest BCUT2D eigenvalue weighted by atomic mass is 10.1. The second-order valence-corrected chi connectivity index (χ2v) is 3.97. The second kappa shape index (κ2) is 3.39. The Hall–Kier alpha value is -1.82. The van der Waals surface area contributed by atoms with Crippen molar-refractivity contribution in [3.8, 4) is 6.07 Å². The Bertz CT molecular complexity index is 544. The maximum atomic E-state index is 8.80. The molecule has 1 aromatic heterocycles. The zero-order valence-electron chi connectivity index (χ0n) is 9.15. The summed E-state index contributed by atoms with van der Waals surface area (Å²) in [5.74, 6) is 0. The van der Waals surface area contributed by atoms with E-state index < -0.39 is 0 Å². The van der Waals surface area contributed by atoms with Crippen LogP contribution in [0.5, 0.6) is 0 Å². The van der Waals surface area contributed by atoms with Gasteiger partial charge in [-0.2, -0.15) is 10.4 Å². The fourth-order valence-electron chi connectivity index (χ4n) is 1.81. The van der Waals surface area contributed by atoms with Gasteiger partial charge in [-0.15, -0.1) is 0 Å². The van der Waals surface area contributed by atoms with Gasteiger partial charge < -0.3 is 0 Å². The van der Waals surface area contributed by atoms with Crippen molar-refractivity contribution in [1.82, 2.24) is 9.78 Å². The summed E-state index contributed by atoms with van der Waals surface area (Å²) in [6.45, 7) is 6.26. The van der Waals surface area contributed by atoms with Gasteiger partial charge in [0.15, 0.2) is 0 Å². The van der Waals surface area contributed by atoms with Crippen LogP contribution >= 0.6 is 0 Å². The van der Waals surface area contributed by atoms with Crippen LogP contribution in [0.1, 0.15) is 31.1 Å². The third-order valence-corrected chi connectivity index (χ3v) is 2.56. The molecule has 76 valence electrons. The van der Waals surface area contributed by atoms with E-state index in [0.29, 0.717) is 11.6 Å². The number of aromatic nitrogens is 2. The van der Waals surface area contributed by atoms with E-state index in [4.69, 9.17) is 5.26 Å². The molecule has 0 fully saturated rings. The average Bonchev–Trinajstić information content (AvgIpc) is 2.55. The van der Waals surface area contributed by atoms with Crippen LogP contribution in [0.4, 0.5) is 0 Å². The Morgan fingerprint density at radius 1 is 1.40 bits per heavy atom. The van der Waals surface area contributed by atoms with Crippen LogP contribution in [0.15, 0.2) is 18.2 Å². The number of benzene rings is 1. The molecular formula is C12H13N3. The van der Waals surface area contributed by atoms with Crippen LogP contribution in [0, 0.1) is 18.3 Å². The number of nitrogens with zero attached hydrogens (tertiary/aromatic N) is 3. The van der Waals surface area contributed by atoms with Crippen molar-refractivity contribution in [1.29, 1.82) is 5.26 Å². The summed E-state index contributed by atoms with van der Waals surface area (Å²) in [5.41, 5.74) is 2.72. The molecule has 0 saturated heterocycles. The molecule has 0 saturated carbocycles. The van der Waals surface area contributed by atoms with Crippen LogP contribution in [-0.4, -0.2) is 9.78 Å². The molecule has 0 aliphatic carbocycles. The molecule has 2 rings (SSSR count). The molecule has 3 heteroatoms. The van der Waals surface area contributed by atoms with Gasteiger partial charge in [-0.3, -0.25) is 4.68 Å². The van der Waals surface area contributed by atoms with Gasteiger partial charge in [0.25, 0.3) is 0 Å². The topological polar surface area (TPSA) is 41.6 Å². The summed E-state index contributed by atoms with van der Waals surface area (Å²) in [5, 5.41) is 14.4. The van der Waals surface area contributed by atoms with Gasteiger partial charge >= 0.3 is 0 Å². The first-order chi connectivity index (χ1) is 7.13. The van der Waals surface area contributed by atoms with E-state index in [1.54, 1.807) is 0 Å². The molecule has 0 spiro atoms. The van der Waals surface area contributed by atoms with Crippen LogP contribution in [-0.2, 0) is 0 Å². The fourth-order valence-corrected chi connectivity index (χ4v) is 1.81. The number of hydrogen-bond acceptors (Lipinski definition) is 2. The largest absolute Gasteiger partial charge is 0.266 e. The molecule has 0 unspecified atom stereocenters. The molecule has 0 aliphatic rings. The highest BCUT2D eigenvalue weighted by Gasteiger charge is 2.09. The van der Waals surface area contributed by atoms with Crippen LogP contribution in [0.2, 0.25) is 0 Å². The van der Waals surface area contributed by atoms with Crippen molar-refractivity contribution in [2.24, 2.45) is 0 Å². The van der Waals surface area contributed by atoms with Crippen molar-refractivity contribution in [2.45, 2.75) is 26.8 Å². The van der Waals surface area contributed by atoms with Crippen molar-refractivity contribution in [3.05, 3.63) is 29.5 Å². The summed E-state index contributed by atoms with van der Waals surface area (Å²) in [4.78, 5) is 0. The van der Waals surface area contributed by atoms with Gasteiger partial charge in [0.2, 0.25) is 0 Å². The molecule has 0 bridgehead atoms. The summed E-state index contributed by atoms with van der Waals surface area (Å²) in [6.07, 6.45) is 0. The highest BCUT2D eigenvalue weighted by molar-refractivity contribution is 5.82. The quantitative estimate of drug-likeness (QED) is 0.708. The zero-order chi connectivity index (χ0) is 11.0. The number of aryl methyl sites for hydroxylation is 1. The highest BCUT2D eigenvalue weighted by atomic mass is 15.3. The minimum absolute atomic E-state index is 0.350. The Morgan fingerprint density at radius 3 is 2.73 bits per heavy atom. The smallest absolute Gasteiger partial charge is 0.0992 e. The zero-order valence-corrected chi connectivity index (χ0v) is 9.15. The second-order valence-electron chi connectivity index (χ2n) is 3.97. The molecule has 2 aromatic rings. The molecule has 3 nitrogen and oxygen atoms in total. The Labute approximate surface area is 88.9 Å². The third kappa shape index (κ3) is 1.48. The Morgan fingerprint density at radius 2 is 2.13 bits per heavy atom. The van der Waals surface area contributed by atoms with Gasteiger partial charge in [0.05, 0.1) is 17.1 Å². The Kier molecular flexibility index (Phi) is 2.20. The molecule has 0 radical (unpaired) electrons. The van der Waals surface area contributed by atoms with Gasteiger partial charge in [-0.05, 0) is 39.0 Å². The summed E-state index contributed by atoms with van der Waals surface area (Å²) < 4.78 is 1.99. The molecule has 1 aromatic carbocycles. The lowest BCUT2D eigenvalue weighted by Gasteiger charge is -2.06. The first kappa shape index (κ1) is 9.72. The standard InChI is InChI=1S/C12H13N3/c1-8(2)15-9(3)11-5-4-10(7-13)6-12(11)14-15/h4-6,8H,1-3H3. The van der Waals surface area contributed by atoms with E-state index >= 15 is 0 Å². The van der Waals surface area contributed by atoms with Gasteiger partial charge in [0, 0.05) is 17.1 Å². The summed E-state index contributed by atoms with van der Waals surface area (Å²) >= 11 is 0. The summed E-state index contributed by atoms with van der Waals surface area (Å²) in [7, 11) is 0. The van der Waals surface area contributed by atoms with E-state index in [1.165, 1.54) is 0 Å². The van der Waals surface area contributed by atoms with Gasteiger partial charge in [0.1, 0.15) is 0 Å². The normalized spacial score (nSPS) is 10.9. The maximum Gasteiger partial charge on any atom is 0.0992 e. The predicted molar refractivity (Wildman–Crippen MR) is 59.6 cm³/mol. The van der Waals surface area contributed by atoms with E-state index in [9.17, 15) is 0 Å². The predicted octanol–water partition coefficient (Wildman–Crippen LogP) is 2.80. The van der Waals surface area contributed by atoms with E-state index in [2.05, 4.69) is 31.9 Å². The lowest BCUT2D eigenvalue weighted by Crippen LogP contribution is -2.04. The number of fused-ring (bicyclic) bond motifs is 1. The number of nitriles is 1. The molecule has 0 N–H and O–H groups in total. The molecule has 0 amide bonds. The van der Waals surface area contributed by atoms with Gasteiger partial charge in [-0.1, -0.05) is 0 Å². The minimum Gasteiger partial charge on any atom is -0.266 e. The SMILES string of the molecule is Cc1c2ccc(C#N)cc2nn1C(C)C. The molecular weight excluding hydrogens is 186 g/mol. The van der Waals surface area contributed by atoms with Crippen LogP contribution in [0.25, 0.3) is 10.9 Å². The Balaban J connectivity index is 2.72. The van der Waals surface area contributed by atoms with E-state index in [1.807, 2.05) is 22.9 Å². The van der Waals surface area contributed by atoms with E-state index in [-0.39, 0.29) is 0 Å². The molecule has 0 aliphatic heterocycles. The average molecular weight is 199 g/mol. The van der Waals surface area contributed by atoms with Crippen LogP contribution < -0.4 is 0 Å². The van der Waals surface area contributed by atoms with Crippen molar-refractivity contribution in [2.75, 3.05) is 0 Å². The molecule has 15 heavy (non-hydrogen) atoms. The molecule has 0 atom stereocenters. The first-order valence-corrected chi connectivity index (χ1v) is 5.02. The fraction of sp³-hybridized carbons (Fsp3) is 0.333. The van der Waals surface area contributed by atoms with Gasteiger partial charge in [-0.25, -0.2) is 0 Å². The van der Waals surface area contributed by atoms with Crippen molar-refractivity contribution >= 4 is 10.9 Å². The van der Waals surface area contributed by atoms with Crippen LogP contribution in [0.3, 0.4) is 0 Å². The van der Waals surface area contributed by atoms with Crippen molar-refractivity contribution < 1.29 is 0 Å². The third-order valence-electron chi connectivity index (χ3n) is 2.56. The van der Waals surface area contributed by atoms with Crippen molar-refractivity contribution in [3.63, 3.8) is 0 Å². The minimum atomic E-state index is 0.350. The summed E-state index contributed by atoms with van der Waals surface area (Å²) in [6, 6.07) is 8.11. The number of rotatable bonds is 1. The maximum absolute atomic E-state index is 8.80. The first-order valence-electron chi connectivity index (χ1n) is 5.02. The lowest BCUT2D eigenvalue weighted by molar-refractivity contribution is 0.524. The molecule has 1 heterocycles.